The van der Waals surface area contributed by atoms with Gasteiger partial charge in [0.1, 0.15) is 36.1 Å². The van der Waals surface area contributed by atoms with E-state index >= 15 is 4.39 Å². The third-order valence-electron chi connectivity index (χ3n) is 7.35. The highest BCUT2D eigenvalue weighted by molar-refractivity contribution is 5.95. The van der Waals surface area contributed by atoms with Gasteiger partial charge in [-0.1, -0.05) is 39.8 Å². The molecule has 4 aliphatic heterocycles. The lowest BCUT2D eigenvalue weighted by molar-refractivity contribution is 0.107. The number of nitrogens with zero attached hydrogens (tertiary/aromatic N) is 5. The molecule has 0 aliphatic carbocycles. The molecule has 0 saturated carbocycles. The van der Waals surface area contributed by atoms with Gasteiger partial charge in [-0.2, -0.15) is 9.97 Å². The zero-order valence-corrected chi connectivity index (χ0v) is 22.2. The Hall–Kier alpha value is -2.55. The van der Waals surface area contributed by atoms with Crippen LogP contribution in [-0.2, 0) is 0 Å². The minimum absolute atomic E-state index is 0.0725. The fraction of sp³-hybridized carbons (Fsp3) is 0.667. The maximum atomic E-state index is 15.2. The molecule has 2 fully saturated rings. The number of fused-ring (bicyclic) bond motifs is 3. The van der Waals surface area contributed by atoms with Crippen LogP contribution in [0.3, 0.4) is 0 Å². The first-order valence-electron chi connectivity index (χ1n) is 13.5. The predicted molar refractivity (Wildman–Crippen MR) is 138 cm³/mol. The van der Waals surface area contributed by atoms with Gasteiger partial charge in [-0.3, -0.25) is 4.90 Å². The fourth-order valence-corrected chi connectivity index (χ4v) is 5.74. The van der Waals surface area contributed by atoms with Crippen molar-refractivity contribution in [2.75, 3.05) is 37.7 Å². The number of alkyl halides is 1. The van der Waals surface area contributed by atoms with Gasteiger partial charge in [-0.15, -0.1) is 0 Å². The predicted octanol–water partition coefficient (Wildman–Crippen LogP) is 5.40. The lowest BCUT2D eigenvalue weighted by atomic mass is 9.95. The van der Waals surface area contributed by atoms with Crippen molar-refractivity contribution in [1.29, 1.82) is 0 Å². The molecule has 2 aromatic heterocycles. The van der Waals surface area contributed by atoms with Crippen LogP contribution in [-0.4, -0.2) is 70.5 Å². The van der Waals surface area contributed by atoms with Crippen LogP contribution in [0.15, 0.2) is 12.2 Å². The minimum atomic E-state index is -0.836. The molecule has 9 heteroatoms. The maximum absolute atomic E-state index is 15.2. The average Bonchev–Trinajstić information content (AvgIpc) is 3.25. The summed E-state index contributed by atoms with van der Waals surface area (Å²) >= 11 is 0. The van der Waals surface area contributed by atoms with E-state index in [-0.39, 0.29) is 28.8 Å². The average molecular weight is 504 g/mol. The SMILES string of the molecule is CC.CC.Cc1nc2c3c(nc(OCC45CCCN4C[C@H](F)C5)nc3c1F)N1CCC=CC[C@H]1CO2. The van der Waals surface area contributed by atoms with Gasteiger partial charge >= 0.3 is 6.01 Å². The summed E-state index contributed by atoms with van der Waals surface area (Å²) in [5, 5.41) is 0.496. The van der Waals surface area contributed by atoms with Gasteiger partial charge in [-0.25, -0.2) is 13.8 Å². The van der Waals surface area contributed by atoms with Gasteiger partial charge < -0.3 is 14.4 Å². The van der Waals surface area contributed by atoms with Crippen LogP contribution in [0.25, 0.3) is 10.9 Å². The quantitative estimate of drug-likeness (QED) is 0.520. The number of hydrogen-bond acceptors (Lipinski definition) is 7. The molecule has 0 bridgehead atoms. The molecule has 2 saturated heterocycles. The smallest absolute Gasteiger partial charge is 0.319 e. The summed E-state index contributed by atoms with van der Waals surface area (Å²) in [7, 11) is 0. The number of aryl methyl sites for hydroxylation is 1. The Balaban J connectivity index is 0.000000726. The van der Waals surface area contributed by atoms with Gasteiger partial charge in [-0.05, 0) is 39.2 Å². The Morgan fingerprint density at radius 3 is 2.75 bits per heavy atom. The summed E-state index contributed by atoms with van der Waals surface area (Å²) in [6, 6.07) is 0.202. The van der Waals surface area contributed by atoms with E-state index in [4.69, 9.17) is 14.5 Å². The van der Waals surface area contributed by atoms with Crippen LogP contribution in [0, 0.1) is 12.7 Å². The molecule has 6 heterocycles. The first kappa shape index (κ1) is 26.5. The molecular weight excluding hydrogens is 464 g/mol. The van der Waals surface area contributed by atoms with Crippen molar-refractivity contribution in [3.05, 3.63) is 23.7 Å². The molecule has 7 nitrogen and oxygen atoms in total. The third-order valence-corrected chi connectivity index (χ3v) is 7.35. The largest absolute Gasteiger partial charge is 0.475 e. The molecule has 36 heavy (non-hydrogen) atoms. The molecule has 3 atom stereocenters. The normalized spacial score (nSPS) is 26.5. The summed E-state index contributed by atoms with van der Waals surface area (Å²) in [4.78, 5) is 17.9. The second kappa shape index (κ2) is 11.2. The third kappa shape index (κ3) is 4.74. The maximum Gasteiger partial charge on any atom is 0.319 e. The van der Waals surface area contributed by atoms with Gasteiger partial charge in [0.25, 0.3) is 0 Å². The van der Waals surface area contributed by atoms with Crippen molar-refractivity contribution >= 4 is 16.7 Å². The van der Waals surface area contributed by atoms with Gasteiger partial charge in [0.15, 0.2) is 5.82 Å². The highest BCUT2D eigenvalue weighted by Gasteiger charge is 2.49. The Labute approximate surface area is 212 Å². The standard InChI is InChI=1S/C23H27F2N5O2.2C2H6/c1-14-18(25)19-17-20(30-9-4-2-3-6-16(30)12-31-21(17)26-14)28-22(27-19)32-13-23-7-5-8-29(23)11-15(24)10-23;2*1-2/h2-3,15-16H,4-13H2,1H3;2*1-2H3/t15-,16+,23?;;/m1../s1. The van der Waals surface area contributed by atoms with Crippen LogP contribution in [0.4, 0.5) is 14.6 Å². The zero-order chi connectivity index (χ0) is 25.9. The van der Waals surface area contributed by atoms with E-state index in [1.54, 1.807) is 6.92 Å². The van der Waals surface area contributed by atoms with E-state index in [9.17, 15) is 4.39 Å². The summed E-state index contributed by atoms with van der Waals surface area (Å²) in [5.74, 6) is 0.486. The van der Waals surface area contributed by atoms with Crippen molar-refractivity contribution < 1.29 is 18.3 Å². The Kier molecular flexibility index (Phi) is 8.27. The molecule has 0 amide bonds. The lowest BCUT2D eigenvalue weighted by Crippen LogP contribution is -2.43. The van der Waals surface area contributed by atoms with E-state index in [2.05, 4.69) is 31.9 Å². The second-order valence-electron chi connectivity index (χ2n) is 9.39. The van der Waals surface area contributed by atoms with E-state index < -0.39 is 12.0 Å². The number of aromatic nitrogens is 3. The van der Waals surface area contributed by atoms with Gasteiger partial charge in [0, 0.05) is 19.5 Å². The van der Waals surface area contributed by atoms with Crippen molar-refractivity contribution in [2.45, 2.75) is 84.5 Å². The molecule has 0 N–H and O–H groups in total. The molecule has 6 rings (SSSR count). The fourth-order valence-electron chi connectivity index (χ4n) is 5.74. The minimum Gasteiger partial charge on any atom is -0.475 e. The second-order valence-corrected chi connectivity index (χ2v) is 9.39. The number of halogens is 2. The summed E-state index contributed by atoms with van der Waals surface area (Å²) in [6.07, 6.45) is 7.53. The Morgan fingerprint density at radius 1 is 1.14 bits per heavy atom. The molecule has 0 spiro atoms. The van der Waals surface area contributed by atoms with Crippen molar-refractivity contribution in [3.8, 4) is 11.9 Å². The van der Waals surface area contributed by atoms with E-state index in [0.717, 1.165) is 38.8 Å². The Morgan fingerprint density at radius 2 is 1.94 bits per heavy atom. The number of hydrogen-bond donors (Lipinski definition) is 0. The summed E-state index contributed by atoms with van der Waals surface area (Å²) in [6.45, 7) is 12.4. The summed E-state index contributed by atoms with van der Waals surface area (Å²) in [5.41, 5.74) is 0.0830. The number of rotatable bonds is 3. The molecule has 4 aliphatic rings. The van der Waals surface area contributed by atoms with E-state index in [1.807, 2.05) is 27.7 Å². The molecular formula is C27H39F2N5O2. The zero-order valence-electron chi connectivity index (χ0n) is 22.2. The number of pyridine rings is 1. The lowest BCUT2D eigenvalue weighted by Gasteiger charge is -2.31. The van der Waals surface area contributed by atoms with Gasteiger partial charge in [0.05, 0.1) is 17.3 Å². The molecule has 0 aromatic carbocycles. The first-order valence-corrected chi connectivity index (χ1v) is 13.5. The topological polar surface area (TPSA) is 63.6 Å². The highest BCUT2D eigenvalue weighted by atomic mass is 19.1. The van der Waals surface area contributed by atoms with E-state index in [0.29, 0.717) is 43.3 Å². The molecule has 2 aromatic rings. The Bertz CT molecular complexity index is 1100. The van der Waals surface area contributed by atoms with Crippen LogP contribution in [0.1, 0.15) is 65.5 Å². The van der Waals surface area contributed by atoms with Crippen LogP contribution in [0.5, 0.6) is 11.9 Å². The number of anilines is 1. The molecule has 198 valence electrons. The highest BCUT2D eigenvalue weighted by Crippen LogP contribution is 2.42. The molecule has 1 unspecified atom stereocenters. The monoisotopic (exact) mass is 503 g/mol. The molecule has 0 radical (unpaired) electrons. The number of ether oxygens (including phenoxy) is 2. The van der Waals surface area contributed by atoms with Crippen molar-refractivity contribution in [3.63, 3.8) is 0 Å². The van der Waals surface area contributed by atoms with Crippen LogP contribution < -0.4 is 14.4 Å². The van der Waals surface area contributed by atoms with E-state index in [1.165, 1.54) is 0 Å². The van der Waals surface area contributed by atoms with Crippen molar-refractivity contribution in [2.24, 2.45) is 0 Å². The van der Waals surface area contributed by atoms with Crippen LogP contribution in [0.2, 0.25) is 0 Å². The van der Waals surface area contributed by atoms with Crippen molar-refractivity contribution in [1.82, 2.24) is 19.9 Å². The van der Waals surface area contributed by atoms with Crippen LogP contribution >= 0.6 is 0 Å². The first-order chi connectivity index (χ1) is 17.5. The summed E-state index contributed by atoms with van der Waals surface area (Å²) < 4.78 is 41.4. The van der Waals surface area contributed by atoms with Gasteiger partial charge in [0.2, 0.25) is 5.88 Å².